The molecule has 0 aliphatic carbocycles. The molecule has 4 heterocycles. The average molecular weight is 736 g/mol. The second-order valence-corrected chi connectivity index (χ2v) is 14.7. The van der Waals surface area contributed by atoms with Crippen molar-refractivity contribution in [2.24, 2.45) is 0 Å². The van der Waals surface area contributed by atoms with Crippen LogP contribution in [0.3, 0.4) is 0 Å². The van der Waals surface area contributed by atoms with Crippen LogP contribution in [0, 0.1) is 0 Å². The van der Waals surface area contributed by atoms with Gasteiger partial charge in [-0.15, -0.1) is 11.3 Å². The van der Waals surface area contributed by atoms with E-state index in [1.807, 2.05) is 97.1 Å². The van der Waals surface area contributed by atoms with Gasteiger partial charge in [0.05, 0.1) is 0 Å². The molecule has 0 saturated heterocycles. The van der Waals surface area contributed by atoms with Crippen LogP contribution in [0.25, 0.3) is 110 Å². The average Bonchev–Trinajstić information content (AvgIpc) is 3.85. The van der Waals surface area contributed by atoms with E-state index in [9.17, 15) is 0 Å². The minimum absolute atomic E-state index is 0.643. The van der Waals surface area contributed by atoms with E-state index in [2.05, 4.69) is 78.9 Å². The highest BCUT2D eigenvalue weighted by atomic mass is 32.1. The Hall–Kier alpha value is -7.35. The zero-order valence-corrected chi connectivity index (χ0v) is 30.6. The summed E-state index contributed by atoms with van der Waals surface area (Å²) in [5, 5.41) is 3.34. The van der Waals surface area contributed by atoms with Crippen molar-refractivity contribution >= 4 is 53.6 Å². The third-order valence-electron chi connectivity index (χ3n) is 10.2. The van der Waals surface area contributed by atoms with Crippen LogP contribution in [0.5, 0.6) is 0 Å². The van der Waals surface area contributed by atoms with Gasteiger partial charge in [0.15, 0.2) is 28.9 Å². The van der Waals surface area contributed by atoms with Crippen molar-refractivity contribution in [1.29, 1.82) is 0 Å². The van der Waals surface area contributed by atoms with Crippen molar-refractivity contribution in [3.63, 3.8) is 0 Å². The summed E-state index contributed by atoms with van der Waals surface area (Å²) < 4.78 is 8.75. The van der Waals surface area contributed by atoms with Gasteiger partial charge in [-0.25, -0.2) is 24.9 Å². The van der Waals surface area contributed by atoms with Crippen LogP contribution in [-0.4, -0.2) is 24.9 Å². The van der Waals surface area contributed by atoms with Gasteiger partial charge in [0.1, 0.15) is 16.8 Å². The van der Waals surface area contributed by atoms with Gasteiger partial charge in [-0.1, -0.05) is 146 Å². The van der Waals surface area contributed by atoms with Crippen LogP contribution in [0.4, 0.5) is 0 Å². The number of benzene rings is 7. The summed E-state index contributed by atoms with van der Waals surface area (Å²) in [5.74, 6) is 2.60. The van der Waals surface area contributed by atoms with E-state index in [-0.39, 0.29) is 0 Å². The second-order valence-electron chi connectivity index (χ2n) is 13.6. The molecule has 0 radical (unpaired) electrons. The molecule has 0 spiro atoms. The Kier molecular flexibility index (Phi) is 7.57. The molecule has 0 bridgehead atoms. The first-order valence-corrected chi connectivity index (χ1v) is 19.2. The number of rotatable bonds is 6. The number of para-hydroxylation sites is 1. The Morgan fingerprint density at radius 2 is 0.911 bits per heavy atom. The number of nitrogens with zero attached hydrogens (tertiary/aromatic N) is 5. The topological polar surface area (TPSA) is 77.6 Å². The predicted octanol–water partition coefficient (Wildman–Crippen LogP) is 12.9. The van der Waals surface area contributed by atoms with Crippen molar-refractivity contribution in [1.82, 2.24) is 24.9 Å². The first-order chi connectivity index (χ1) is 27.7. The van der Waals surface area contributed by atoms with Gasteiger partial charge in [-0.2, -0.15) is 0 Å². The Morgan fingerprint density at radius 1 is 0.375 bits per heavy atom. The van der Waals surface area contributed by atoms with Gasteiger partial charge in [0.25, 0.3) is 0 Å². The highest BCUT2D eigenvalue weighted by Gasteiger charge is 2.19. The van der Waals surface area contributed by atoms with E-state index in [0.717, 1.165) is 55.6 Å². The molecule has 0 aliphatic heterocycles. The second kappa shape index (κ2) is 13.2. The molecule has 0 unspecified atom stereocenters. The van der Waals surface area contributed by atoms with Crippen molar-refractivity contribution in [2.45, 2.75) is 0 Å². The molecule has 0 fully saturated rings. The Morgan fingerprint density at radius 3 is 1.61 bits per heavy atom. The van der Waals surface area contributed by atoms with E-state index < -0.39 is 0 Å². The summed E-state index contributed by atoms with van der Waals surface area (Å²) in [4.78, 5) is 25.0. The lowest BCUT2D eigenvalue weighted by Crippen LogP contribution is -2.00. The number of hydrogen-bond acceptors (Lipinski definition) is 7. The fraction of sp³-hybridized carbons (Fsp3) is 0. The van der Waals surface area contributed by atoms with Gasteiger partial charge in [-0.3, -0.25) is 0 Å². The summed E-state index contributed by atoms with van der Waals surface area (Å²) in [7, 11) is 0. The number of thiophene rings is 1. The molecule has 11 rings (SSSR count). The third-order valence-corrected chi connectivity index (χ3v) is 11.4. The maximum absolute atomic E-state index is 6.32. The Balaban J connectivity index is 0.993. The zero-order chi connectivity index (χ0) is 37.0. The van der Waals surface area contributed by atoms with E-state index in [1.54, 1.807) is 11.3 Å². The summed E-state index contributed by atoms with van der Waals surface area (Å²) in [6, 6.07) is 60.0. The number of fused-ring (bicyclic) bond motifs is 6. The fourth-order valence-electron chi connectivity index (χ4n) is 7.41. The maximum atomic E-state index is 6.32. The van der Waals surface area contributed by atoms with Crippen molar-refractivity contribution in [3.05, 3.63) is 176 Å². The molecular weight excluding hydrogens is 707 g/mol. The Bertz CT molecular complexity index is 3180. The molecule has 56 heavy (non-hydrogen) atoms. The molecule has 4 aromatic heterocycles. The summed E-state index contributed by atoms with van der Waals surface area (Å²) in [6.07, 6.45) is 0. The molecule has 7 aromatic carbocycles. The van der Waals surface area contributed by atoms with Crippen molar-refractivity contribution in [3.8, 4) is 67.9 Å². The summed E-state index contributed by atoms with van der Waals surface area (Å²) >= 11 is 1.80. The van der Waals surface area contributed by atoms with Gasteiger partial charge in [0.2, 0.25) is 0 Å². The van der Waals surface area contributed by atoms with E-state index in [1.165, 1.54) is 25.7 Å². The number of hydrogen-bond donors (Lipinski definition) is 0. The molecular formula is C49H29N5OS. The van der Waals surface area contributed by atoms with Crippen LogP contribution in [0.1, 0.15) is 0 Å². The van der Waals surface area contributed by atoms with Gasteiger partial charge < -0.3 is 4.42 Å². The van der Waals surface area contributed by atoms with E-state index in [4.69, 9.17) is 29.3 Å². The largest absolute Gasteiger partial charge is 0.452 e. The third kappa shape index (κ3) is 5.52. The molecule has 6 nitrogen and oxygen atoms in total. The quantitative estimate of drug-likeness (QED) is 0.169. The lowest BCUT2D eigenvalue weighted by Gasteiger charge is -2.09. The predicted molar refractivity (Wildman–Crippen MR) is 228 cm³/mol. The van der Waals surface area contributed by atoms with Crippen molar-refractivity contribution < 1.29 is 4.42 Å². The van der Waals surface area contributed by atoms with Crippen LogP contribution in [0.2, 0.25) is 0 Å². The minimum Gasteiger partial charge on any atom is -0.452 e. The van der Waals surface area contributed by atoms with E-state index >= 15 is 0 Å². The van der Waals surface area contributed by atoms with Gasteiger partial charge in [0, 0.05) is 53.4 Å². The zero-order valence-electron chi connectivity index (χ0n) is 29.8. The normalized spacial score (nSPS) is 11.6. The SMILES string of the molecule is c1ccc(-c2nc(-c3ccccc3)nc(-c3ccc4sc5c(-c6ccc(-c7nc(-c8ccccc8)c8oc9ccccc9c8n7)cc6)cccc5c4c3)n2)cc1. The lowest BCUT2D eigenvalue weighted by atomic mass is 10.0. The van der Waals surface area contributed by atoms with Gasteiger partial charge in [-0.05, 0) is 41.5 Å². The van der Waals surface area contributed by atoms with Crippen LogP contribution < -0.4 is 0 Å². The molecule has 0 saturated carbocycles. The van der Waals surface area contributed by atoms with Crippen LogP contribution in [-0.2, 0) is 0 Å². The van der Waals surface area contributed by atoms with Gasteiger partial charge >= 0.3 is 0 Å². The maximum Gasteiger partial charge on any atom is 0.180 e. The fourth-order valence-corrected chi connectivity index (χ4v) is 8.63. The summed E-state index contributed by atoms with van der Waals surface area (Å²) in [5.41, 5.74) is 10.2. The van der Waals surface area contributed by atoms with Crippen molar-refractivity contribution in [2.75, 3.05) is 0 Å². The standard InChI is InChI=1S/C49H29N5OS/c1-4-13-31(14-5-1)42-44-43(38-19-10-11-22-40(38)55-44)51-46(50-42)34-25-23-30(24-26-34)36-20-12-21-37-39-29-35(27-28-41(39)56-45(36)37)49-53-47(32-15-6-2-7-16-32)52-48(54-49)33-17-8-3-9-18-33/h1-29H. The smallest absolute Gasteiger partial charge is 0.180 e. The molecule has 262 valence electrons. The summed E-state index contributed by atoms with van der Waals surface area (Å²) in [6.45, 7) is 0. The molecule has 7 heteroatoms. The highest BCUT2D eigenvalue weighted by molar-refractivity contribution is 7.26. The highest BCUT2D eigenvalue weighted by Crippen LogP contribution is 2.42. The minimum atomic E-state index is 0.643. The van der Waals surface area contributed by atoms with Crippen LogP contribution in [0.15, 0.2) is 180 Å². The van der Waals surface area contributed by atoms with Crippen LogP contribution >= 0.6 is 11.3 Å². The molecule has 11 aromatic rings. The number of aromatic nitrogens is 5. The molecule has 0 amide bonds. The molecule has 0 N–H and O–H groups in total. The first kappa shape index (κ1) is 32.1. The number of furan rings is 1. The lowest BCUT2D eigenvalue weighted by molar-refractivity contribution is 0.667. The first-order valence-electron chi connectivity index (χ1n) is 18.4. The Labute approximate surface area is 325 Å². The molecule has 0 aliphatic rings. The monoisotopic (exact) mass is 735 g/mol. The molecule has 0 atom stereocenters. The van der Waals surface area contributed by atoms with E-state index in [0.29, 0.717) is 28.9 Å².